The van der Waals surface area contributed by atoms with Gasteiger partial charge in [0.2, 0.25) is 0 Å². The van der Waals surface area contributed by atoms with E-state index in [9.17, 15) is 0 Å². The van der Waals surface area contributed by atoms with E-state index in [0.717, 1.165) is 19.0 Å². The van der Waals surface area contributed by atoms with Crippen LogP contribution in [0, 0.1) is 11.2 Å². The molecule has 0 aromatic rings. The van der Waals surface area contributed by atoms with Crippen molar-refractivity contribution < 1.29 is 4.39 Å². The molecule has 0 bridgehead atoms. The fourth-order valence-corrected chi connectivity index (χ4v) is 0.866. The Morgan fingerprint density at radius 1 is 1.60 bits per heavy atom. The molecule has 0 amide bonds. The molecule has 52 valence electrons. The van der Waals surface area contributed by atoms with Gasteiger partial charge < -0.3 is 4.39 Å². The molecule has 4 heteroatoms. The van der Waals surface area contributed by atoms with Crippen LogP contribution in [0.1, 0.15) is 6.42 Å². The average Bonchev–Trinajstić information content (AvgIpc) is 1.84. The third kappa shape index (κ3) is 4.60. The predicted molar refractivity (Wildman–Crippen MR) is 43.5 cm³/mol. The van der Waals surface area contributed by atoms with Gasteiger partial charge in [-0.1, -0.05) is 6.04 Å². The largest absolute Gasteiger partial charge is 0.577 e. The highest BCUT2D eigenvalue weighted by molar-refractivity contribution is 6.36. The van der Waals surface area contributed by atoms with Crippen LogP contribution in [0.2, 0.25) is 6.04 Å². The second-order valence-electron chi connectivity index (χ2n) is 2.86. The quantitative estimate of drug-likeness (QED) is 0.524. The minimum absolute atomic E-state index is 0.682. The third-order valence-electron chi connectivity index (χ3n) is 1.32. The lowest BCUT2D eigenvalue weighted by molar-refractivity contribution is -0.777. The van der Waals surface area contributed by atoms with Crippen LogP contribution in [-0.2, 0) is 0 Å². The van der Waals surface area contributed by atoms with E-state index in [4.69, 9.17) is 5.26 Å². The summed E-state index contributed by atoms with van der Waals surface area (Å²) in [5.74, 6) is 2.05. The van der Waals surface area contributed by atoms with Crippen LogP contribution in [0.15, 0.2) is 0 Å². The van der Waals surface area contributed by atoms with Gasteiger partial charge in [0, 0.05) is 24.3 Å². The average molecular weight is 151 g/mol. The maximum atomic E-state index is 8.37. The summed E-state index contributed by atoms with van der Waals surface area (Å²) < 4.78 is 0.682. The first kappa shape index (κ1) is 9.73. The van der Waals surface area contributed by atoms with E-state index in [0.29, 0.717) is 4.39 Å². The van der Waals surface area contributed by atoms with Crippen molar-refractivity contribution in [2.75, 3.05) is 20.6 Å². The van der Waals surface area contributed by atoms with Crippen LogP contribution in [-0.4, -0.2) is 42.7 Å². The molecule has 0 aliphatic rings. The molecule has 0 heterocycles. The van der Waals surface area contributed by atoms with Gasteiger partial charge in [-0.2, -0.15) is 0 Å². The fourth-order valence-electron chi connectivity index (χ4n) is 0.707. The minimum atomic E-state index is 0.682. The number of nitriles is 1. The van der Waals surface area contributed by atoms with Crippen LogP contribution in [0.25, 0.3) is 0 Å². The normalized spacial score (nSPS) is 10.6. The molecule has 0 aromatic carbocycles. The van der Waals surface area contributed by atoms with E-state index in [-0.39, 0.29) is 0 Å². The molecule has 4 radical (unpaired) electrons. The smallest absolute Gasteiger partial charge is 0.386 e. The van der Waals surface area contributed by atoms with Crippen LogP contribution < -0.4 is 0 Å². The van der Waals surface area contributed by atoms with Gasteiger partial charge in [0.1, 0.15) is 0 Å². The fraction of sp³-hybridized carbons (Fsp3) is 0.833. The molecular weight excluding hydrogens is 139 g/mol. The van der Waals surface area contributed by atoms with E-state index < -0.39 is 0 Å². The molecule has 10 heavy (non-hydrogen) atoms. The summed E-state index contributed by atoms with van der Waals surface area (Å²) in [6.45, 7) is 1.01. The second-order valence-corrected chi connectivity index (χ2v) is 3.36. The van der Waals surface area contributed by atoms with Crippen molar-refractivity contribution in [2.24, 2.45) is 0 Å². The molecule has 2 nitrogen and oxygen atoms in total. The maximum Gasteiger partial charge on any atom is 0.577 e. The molecule has 0 rings (SSSR count). The lowest BCUT2D eigenvalue weighted by Gasteiger charge is -2.25. The Morgan fingerprint density at radius 3 is 2.60 bits per heavy atom. The summed E-state index contributed by atoms with van der Waals surface area (Å²) in [4.78, 5) is 0. The number of nitrogens with zero attached hydrogens (tertiary/aromatic N) is 2. The van der Waals surface area contributed by atoms with E-state index >= 15 is 0 Å². The molecule has 0 saturated heterocycles. The van der Waals surface area contributed by atoms with Crippen molar-refractivity contribution >= 4 is 17.7 Å². The summed E-state index contributed by atoms with van der Waals surface area (Å²) in [5, 5.41) is 8.37. The molecule has 0 aromatic heterocycles. The van der Waals surface area contributed by atoms with Crippen LogP contribution in [0.3, 0.4) is 0 Å². The van der Waals surface area contributed by atoms with Gasteiger partial charge in [-0.15, -0.1) is 0 Å². The monoisotopic (exact) mass is 151 g/mol. The number of quaternary nitrogens is 1. The Hall–Kier alpha value is -0.268. The number of hydrogen-bond acceptors (Lipinski definition) is 1. The lowest BCUT2D eigenvalue weighted by atomic mass is 9.91. The van der Waals surface area contributed by atoms with Gasteiger partial charge in [0.25, 0.3) is 0 Å². The van der Waals surface area contributed by atoms with Crippen molar-refractivity contribution in [1.82, 2.24) is 0 Å². The third-order valence-corrected chi connectivity index (χ3v) is 1.67. The summed E-state index contributed by atoms with van der Waals surface area (Å²) in [6.07, 6.45) is 1.10. The highest BCUT2D eigenvalue weighted by atomic mass is 28.1. The van der Waals surface area contributed by atoms with Gasteiger partial charge in [-0.3, -0.25) is 0 Å². The van der Waals surface area contributed by atoms with Gasteiger partial charge >= 0.3 is 7.41 Å². The highest BCUT2D eigenvalue weighted by Gasteiger charge is 2.17. The zero-order valence-electron chi connectivity index (χ0n) is 6.59. The van der Waals surface area contributed by atoms with E-state index in [1.54, 1.807) is 7.41 Å². The predicted octanol–water partition coefficient (Wildman–Crippen LogP) is 0.140. The van der Waals surface area contributed by atoms with Crippen molar-refractivity contribution in [3.63, 3.8) is 0 Å². The first-order chi connectivity index (χ1) is 4.62. The summed E-state index contributed by atoms with van der Waals surface area (Å²) in [6, 6.07) is 1.00. The van der Waals surface area contributed by atoms with Crippen molar-refractivity contribution in [1.29, 1.82) is 5.26 Å². The lowest BCUT2D eigenvalue weighted by Crippen LogP contribution is -2.43. The Labute approximate surface area is 67.1 Å². The molecular formula is C6H12BN2Si+. The number of rotatable bonds is 4. The topological polar surface area (TPSA) is 23.8 Å². The molecule has 0 N–H and O–H groups in total. The van der Waals surface area contributed by atoms with Crippen LogP contribution in [0.5, 0.6) is 0 Å². The summed E-state index contributed by atoms with van der Waals surface area (Å²) in [5.41, 5.74) is 0. The Bertz CT molecular complexity index is 130. The van der Waals surface area contributed by atoms with Gasteiger partial charge in [-0.05, 0) is 6.42 Å². The van der Waals surface area contributed by atoms with Gasteiger partial charge in [-0.25, -0.2) is 5.26 Å². The molecule has 0 aliphatic heterocycles. The zero-order valence-corrected chi connectivity index (χ0v) is 7.59. The van der Waals surface area contributed by atoms with Crippen molar-refractivity contribution in [2.45, 2.75) is 12.5 Å². The number of hydrogen-bond donors (Lipinski definition) is 0. The van der Waals surface area contributed by atoms with Crippen molar-refractivity contribution in [3.8, 4) is 5.97 Å². The van der Waals surface area contributed by atoms with Crippen LogP contribution in [0.4, 0.5) is 0 Å². The van der Waals surface area contributed by atoms with Gasteiger partial charge in [0.15, 0.2) is 0 Å². The molecule has 0 atom stereocenters. The Morgan fingerprint density at radius 2 is 2.20 bits per heavy atom. The molecule has 0 spiro atoms. The molecule has 0 aliphatic carbocycles. The Kier molecular flexibility index (Phi) is 4.41. The standard InChI is InChI=1S/C6H12BN2Si/c1-9(2,7-6-8)4-3-5-10/h3-5H2,1-2H3/q+1. The minimum Gasteiger partial charge on any atom is -0.386 e. The highest BCUT2D eigenvalue weighted by Crippen LogP contribution is 1.97. The SMILES string of the molecule is C[N+](C)([B]C#N)CCC[Si]. The van der Waals surface area contributed by atoms with E-state index in [2.05, 4.69) is 10.2 Å². The summed E-state index contributed by atoms with van der Waals surface area (Å²) >= 11 is 0. The Balaban J connectivity index is 3.55. The summed E-state index contributed by atoms with van der Waals surface area (Å²) in [7, 11) is 9.07. The first-order valence-corrected chi connectivity index (χ1v) is 4.04. The van der Waals surface area contributed by atoms with E-state index in [1.165, 1.54) is 0 Å². The molecule has 0 fully saturated rings. The maximum absolute atomic E-state index is 8.37. The molecule has 0 saturated carbocycles. The first-order valence-electron chi connectivity index (χ1n) is 3.33. The van der Waals surface area contributed by atoms with Gasteiger partial charge in [0.05, 0.1) is 12.5 Å². The molecule has 0 unspecified atom stereocenters. The van der Waals surface area contributed by atoms with Crippen LogP contribution >= 0.6 is 0 Å². The second kappa shape index (κ2) is 4.53. The zero-order chi connectivity index (χ0) is 8.04. The van der Waals surface area contributed by atoms with Crippen molar-refractivity contribution in [3.05, 3.63) is 0 Å². The van der Waals surface area contributed by atoms with E-state index in [1.807, 2.05) is 20.1 Å².